The van der Waals surface area contributed by atoms with E-state index in [2.05, 4.69) is 15.5 Å². The quantitative estimate of drug-likeness (QED) is 0.816. The number of amides is 1. The van der Waals surface area contributed by atoms with E-state index in [4.69, 9.17) is 20.8 Å². The number of nitrogens with zero attached hydrogens (tertiary/aromatic N) is 2. The lowest BCUT2D eigenvalue weighted by molar-refractivity contribution is -0.148. The second-order valence-electron chi connectivity index (χ2n) is 8.04. The minimum absolute atomic E-state index is 0.0527. The fraction of sp³-hybridized carbons (Fsp3) is 0.526. The lowest BCUT2D eigenvalue weighted by atomic mass is 9.39. The van der Waals surface area contributed by atoms with Gasteiger partial charge in [0, 0.05) is 11.1 Å². The summed E-state index contributed by atoms with van der Waals surface area (Å²) < 4.78 is 25.0. The smallest absolute Gasteiger partial charge is 0.247 e. The van der Waals surface area contributed by atoms with Crippen molar-refractivity contribution in [2.45, 2.75) is 55.6 Å². The fourth-order valence-electron chi connectivity index (χ4n) is 4.39. The Morgan fingerprint density at radius 3 is 2.78 bits per heavy atom. The molecule has 4 aliphatic rings. The highest BCUT2D eigenvalue weighted by Gasteiger charge is 2.71. The first kappa shape index (κ1) is 17.1. The molecule has 6 nitrogen and oxygen atoms in total. The van der Waals surface area contributed by atoms with Gasteiger partial charge in [0.25, 0.3) is 0 Å². The number of aromatic nitrogens is 2. The van der Waals surface area contributed by atoms with Crippen molar-refractivity contribution in [2.75, 3.05) is 6.61 Å². The largest absolute Gasteiger partial charge is 0.420 e. The number of carbonyl (C=O) groups is 1. The molecule has 1 aromatic heterocycles. The number of nitrogens with one attached hydrogen (secondary N) is 1. The Labute approximate surface area is 160 Å². The van der Waals surface area contributed by atoms with Crippen molar-refractivity contribution in [1.29, 1.82) is 0 Å². The molecule has 142 valence electrons. The van der Waals surface area contributed by atoms with Crippen LogP contribution in [0.4, 0.5) is 4.39 Å². The van der Waals surface area contributed by atoms with Gasteiger partial charge in [0.1, 0.15) is 12.4 Å². The molecule has 0 saturated heterocycles. The van der Waals surface area contributed by atoms with E-state index in [0.717, 1.165) is 32.1 Å². The molecule has 1 heterocycles. The van der Waals surface area contributed by atoms with Crippen LogP contribution in [0, 0.1) is 5.82 Å². The molecule has 1 aromatic carbocycles. The topological polar surface area (TPSA) is 77.2 Å². The summed E-state index contributed by atoms with van der Waals surface area (Å²) in [5.41, 5.74) is 0.165. The maximum Gasteiger partial charge on any atom is 0.247 e. The molecule has 2 bridgehead atoms. The zero-order chi connectivity index (χ0) is 18.6. The molecule has 0 radical (unpaired) electrons. The summed E-state index contributed by atoms with van der Waals surface area (Å²) in [6.45, 7) is 0.131. The number of carbonyl (C=O) groups excluding carboxylic acids is 1. The van der Waals surface area contributed by atoms with Crippen LogP contribution in [0.15, 0.2) is 22.6 Å². The van der Waals surface area contributed by atoms with Gasteiger partial charge in [-0.3, -0.25) is 4.79 Å². The van der Waals surface area contributed by atoms with Gasteiger partial charge in [-0.1, -0.05) is 11.6 Å². The zero-order valence-corrected chi connectivity index (χ0v) is 15.4. The van der Waals surface area contributed by atoms with E-state index >= 15 is 0 Å². The van der Waals surface area contributed by atoms with Gasteiger partial charge < -0.3 is 14.5 Å². The summed E-state index contributed by atoms with van der Waals surface area (Å²) >= 11 is 5.71. The Morgan fingerprint density at radius 2 is 2.11 bits per heavy atom. The molecule has 27 heavy (non-hydrogen) atoms. The Morgan fingerprint density at radius 1 is 1.33 bits per heavy atom. The second-order valence-corrected chi connectivity index (χ2v) is 8.45. The first-order valence-electron chi connectivity index (χ1n) is 9.19. The van der Waals surface area contributed by atoms with Crippen LogP contribution < -0.4 is 5.32 Å². The van der Waals surface area contributed by atoms with E-state index in [1.54, 1.807) is 6.07 Å². The molecule has 0 spiro atoms. The third-order valence-electron chi connectivity index (χ3n) is 5.98. The maximum absolute atomic E-state index is 13.6. The lowest BCUT2D eigenvalue weighted by Crippen LogP contribution is -2.77. The molecule has 0 atom stereocenters. The molecule has 2 aromatic rings. The summed E-state index contributed by atoms with van der Waals surface area (Å²) in [5, 5.41) is 11.3. The Kier molecular flexibility index (Phi) is 3.81. The SMILES string of the molecule is O=C(COC1CCC1)NC12CC(c3nnc(-c4ccc(Cl)c(F)c4)o3)(C1)C2. The van der Waals surface area contributed by atoms with Crippen LogP contribution >= 0.6 is 11.6 Å². The van der Waals surface area contributed by atoms with Gasteiger partial charge in [-0.15, -0.1) is 10.2 Å². The van der Waals surface area contributed by atoms with Crippen molar-refractivity contribution < 1.29 is 18.3 Å². The van der Waals surface area contributed by atoms with Gasteiger partial charge >= 0.3 is 0 Å². The molecule has 0 unspecified atom stereocenters. The molecule has 4 aliphatic carbocycles. The number of benzene rings is 1. The normalized spacial score (nSPS) is 28.8. The Balaban J connectivity index is 1.19. The van der Waals surface area contributed by atoms with Gasteiger partial charge in [-0.2, -0.15) is 0 Å². The molecular formula is C19H19ClFN3O3. The zero-order valence-electron chi connectivity index (χ0n) is 14.6. The number of rotatable bonds is 6. The number of halogens is 2. The fourth-order valence-corrected chi connectivity index (χ4v) is 4.51. The van der Waals surface area contributed by atoms with Crippen LogP contribution in [0.25, 0.3) is 11.5 Å². The number of ether oxygens (including phenoxy) is 1. The van der Waals surface area contributed by atoms with Crippen LogP contribution in [0.2, 0.25) is 5.02 Å². The molecule has 1 N–H and O–H groups in total. The lowest BCUT2D eigenvalue weighted by Gasteiger charge is -2.68. The van der Waals surface area contributed by atoms with Crippen LogP contribution in [0.5, 0.6) is 0 Å². The van der Waals surface area contributed by atoms with E-state index in [0.29, 0.717) is 11.5 Å². The third kappa shape index (κ3) is 2.84. The van der Waals surface area contributed by atoms with Crippen LogP contribution in [0.1, 0.15) is 44.4 Å². The molecule has 1 amide bonds. The molecular weight excluding hydrogens is 373 g/mol. The summed E-state index contributed by atoms with van der Waals surface area (Å²) in [7, 11) is 0. The molecule has 4 fully saturated rings. The van der Waals surface area contributed by atoms with Crippen LogP contribution in [-0.2, 0) is 14.9 Å². The first-order valence-corrected chi connectivity index (χ1v) is 9.57. The minimum atomic E-state index is -0.523. The maximum atomic E-state index is 13.6. The van der Waals surface area contributed by atoms with Crippen molar-refractivity contribution >= 4 is 17.5 Å². The summed E-state index contributed by atoms with van der Waals surface area (Å²) in [6.07, 6.45) is 5.90. The molecule has 8 heteroatoms. The minimum Gasteiger partial charge on any atom is -0.420 e. The average molecular weight is 392 g/mol. The summed E-state index contributed by atoms with van der Waals surface area (Å²) in [6, 6.07) is 4.40. The van der Waals surface area contributed by atoms with Gasteiger partial charge in [-0.25, -0.2) is 4.39 Å². The molecule has 0 aliphatic heterocycles. The summed E-state index contributed by atoms with van der Waals surface area (Å²) in [5.74, 6) is 0.246. The standard InChI is InChI=1S/C19H19ClFN3O3/c20-13-5-4-11(6-14(13)21)16-23-24-17(27-16)18-8-19(9-18,10-18)22-15(25)7-26-12-2-1-3-12/h4-6,12H,1-3,7-10H2,(H,22,25). The van der Waals surface area contributed by atoms with Crippen molar-refractivity contribution in [3.05, 3.63) is 34.9 Å². The van der Waals surface area contributed by atoms with Gasteiger partial charge in [-0.05, 0) is 56.7 Å². The predicted octanol–water partition coefficient (Wildman–Crippen LogP) is 3.39. The van der Waals surface area contributed by atoms with Crippen LogP contribution in [-0.4, -0.2) is 34.4 Å². The van der Waals surface area contributed by atoms with Crippen molar-refractivity contribution in [1.82, 2.24) is 15.5 Å². The van der Waals surface area contributed by atoms with E-state index in [9.17, 15) is 9.18 Å². The van der Waals surface area contributed by atoms with E-state index < -0.39 is 5.82 Å². The van der Waals surface area contributed by atoms with Crippen LogP contribution in [0.3, 0.4) is 0 Å². The van der Waals surface area contributed by atoms with E-state index in [1.807, 2.05) is 0 Å². The third-order valence-corrected chi connectivity index (χ3v) is 6.29. The molecule has 4 saturated carbocycles. The predicted molar refractivity (Wildman–Crippen MR) is 94.7 cm³/mol. The van der Waals surface area contributed by atoms with Gasteiger partial charge in [0.15, 0.2) is 0 Å². The second kappa shape index (κ2) is 6.01. The van der Waals surface area contributed by atoms with E-state index in [-0.39, 0.29) is 40.5 Å². The number of hydrogen-bond acceptors (Lipinski definition) is 5. The van der Waals surface area contributed by atoms with Gasteiger partial charge in [0.2, 0.25) is 17.7 Å². The highest BCUT2D eigenvalue weighted by atomic mass is 35.5. The first-order chi connectivity index (χ1) is 13.0. The Hall–Kier alpha value is -1.99. The number of hydrogen-bond donors (Lipinski definition) is 1. The van der Waals surface area contributed by atoms with E-state index in [1.165, 1.54) is 18.6 Å². The van der Waals surface area contributed by atoms with Crippen molar-refractivity contribution in [2.24, 2.45) is 0 Å². The van der Waals surface area contributed by atoms with Crippen molar-refractivity contribution in [3.63, 3.8) is 0 Å². The van der Waals surface area contributed by atoms with Gasteiger partial charge in [0.05, 0.1) is 16.5 Å². The highest BCUT2D eigenvalue weighted by Crippen LogP contribution is 2.67. The molecule has 6 rings (SSSR count). The average Bonchev–Trinajstić information content (AvgIpc) is 3.00. The monoisotopic (exact) mass is 391 g/mol. The van der Waals surface area contributed by atoms with Crippen molar-refractivity contribution in [3.8, 4) is 11.5 Å². The highest BCUT2D eigenvalue weighted by molar-refractivity contribution is 6.30. The Bertz CT molecular complexity index is 892. The summed E-state index contributed by atoms with van der Waals surface area (Å²) in [4.78, 5) is 12.1.